The highest BCUT2D eigenvalue weighted by molar-refractivity contribution is 9.12. The molecule has 122 valence electrons. The van der Waals surface area contributed by atoms with E-state index in [2.05, 4.69) is 62.2 Å². The lowest BCUT2D eigenvalue weighted by Crippen LogP contribution is -2.47. The van der Waals surface area contributed by atoms with Crippen molar-refractivity contribution in [1.82, 2.24) is 0 Å². The fourth-order valence-corrected chi connectivity index (χ4v) is 5.42. The average molecular weight is 430 g/mol. The second-order valence-electron chi connectivity index (χ2n) is 6.84. The molecule has 2 aliphatic rings. The lowest BCUT2D eigenvalue weighted by Gasteiger charge is -2.42. The minimum absolute atomic E-state index is 0.388. The average Bonchev–Trinajstić information content (AvgIpc) is 2.57. The Morgan fingerprint density at radius 1 is 1.00 bits per heavy atom. The molecule has 0 N–H and O–H groups in total. The quantitative estimate of drug-likeness (QED) is 0.542. The predicted molar refractivity (Wildman–Crippen MR) is 100 cm³/mol. The van der Waals surface area contributed by atoms with Gasteiger partial charge in [0.1, 0.15) is 0 Å². The van der Waals surface area contributed by atoms with E-state index in [0.29, 0.717) is 21.9 Å². The van der Waals surface area contributed by atoms with Crippen molar-refractivity contribution in [3.63, 3.8) is 0 Å². The highest BCUT2D eigenvalue weighted by atomic mass is 79.9. The monoisotopic (exact) mass is 428 g/mol. The van der Waals surface area contributed by atoms with Gasteiger partial charge < -0.3 is 4.74 Å². The minimum Gasteiger partial charge on any atom is -0.373 e. The first-order valence-corrected chi connectivity index (χ1v) is 10.5. The molecule has 1 aromatic carbocycles. The van der Waals surface area contributed by atoms with E-state index in [0.717, 1.165) is 25.2 Å². The van der Waals surface area contributed by atoms with Gasteiger partial charge in [0, 0.05) is 4.83 Å². The second-order valence-corrected chi connectivity index (χ2v) is 9.07. The largest absolute Gasteiger partial charge is 0.373 e. The summed E-state index contributed by atoms with van der Waals surface area (Å²) in [5.41, 5.74) is 1.42. The first kappa shape index (κ1) is 17.0. The van der Waals surface area contributed by atoms with E-state index in [1.807, 2.05) is 0 Å². The second kappa shape index (κ2) is 8.30. The van der Waals surface area contributed by atoms with Crippen molar-refractivity contribution in [2.75, 3.05) is 0 Å². The number of ether oxygens (including phenoxy) is 1. The predicted octanol–water partition coefficient (Wildman–Crippen LogP) is 5.88. The van der Waals surface area contributed by atoms with Crippen molar-refractivity contribution in [2.45, 2.75) is 73.2 Å². The van der Waals surface area contributed by atoms with Crippen LogP contribution in [0.4, 0.5) is 0 Å². The van der Waals surface area contributed by atoms with Gasteiger partial charge in [-0.2, -0.15) is 0 Å². The summed E-state index contributed by atoms with van der Waals surface area (Å²) in [6, 6.07) is 10.8. The molecule has 1 saturated heterocycles. The molecular formula is C19H26Br2O. The Balaban J connectivity index is 1.58. The summed E-state index contributed by atoms with van der Waals surface area (Å²) in [7, 11) is 0. The number of aryl methyl sites for hydroxylation is 1. The van der Waals surface area contributed by atoms with E-state index in [1.54, 1.807) is 0 Å². The Morgan fingerprint density at radius 3 is 2.45 bits per heavy atom. The van der Waals surface area contributed by atoms with E-state index >= 15 is 0 Å². The Bertz CT molecular complexity index is 444. The van der Waals surface area contributed by atoms with Crippen LogP contribution in [0.2, 0.25) is 0 Å². The Kier molecular flexibility index (Phi) is 6.41. The number of alkyl halides is 2. The molecular weight excluding hydrogens is 404 g/mol. The Hall–Kier alpha value is 0.140. The van der Waals surface area contributed by atoms with Gasteiger partial charge in [-0.25, -0.2) is 0 Å². The number of hydrogen-bond acceptors (Lipinski definition) is 1. The first-order chi connectivity index (χ1) is 10.7. The van der Waals surface area contributed by atoms with Gasteiger partial charge in [-0.1, -0.05) is 81.5 Å². The van der Waals surface area contributed by atoms with Crippen LogP contribution in [-0.4, -0.2) is 21.9 Å². The highest BCUT2D eigenvalue weighted by Crippen LogP contribution is 2.40. The zero-order valence-electron chi connectivity index (χ0n) is 13.1. The third kappa shape index (κ3) is 4.36. The highest BCUT2D eigenvalue weighted by Gasteiger charge is 2.40. The Morgan fingerprint density at radius 2 is 1.73 bits per heavy atom. The van der Waals surface area contributed by atoms with Crippen LogP contribution < -0.4 is 0 Å². The molecule has 1 aliphatic carbocycles. The zero-order valence-corrected chi connectivity index (χ0v) is 16.3. The van der Waals surface area contributed by atoms with E-state index in [9.17, 15) is 0 Å². The maximum absolute atomic E-state index is 6.55. The van der Waals surface area contributed by atoms with Gasteiger partial charge in [0.25, 0.3) is 0 Å². The standard InChI is InChI=1S/C19H26Br2O/c20-17-13-16(12-11-14-7-3-1-4-8-14)22-19(18(17)21)15-9-5-2-6-10-15/h1,3-4,7-8,15-19H,2,5-6,9-13H2/t16-,17+,18-,19+/m0/s1. The van der Waals surface area contributed by atoms with Crippen molar-refractivity contribution < 1.29 is 4.74 Å². The topological polar surface area (TPSA) is 9.23 Å². The van der Waals surface area contributed by atoms with Gasteiger partial charge in [0.2, 0.25) is 0 Å². The first-order valence-electron chi connectivity index (χ1n) is 8.71. The smallest absolute Gasteiger partial charge is 0.0742 e. The van der Waals surface area contributed by atoms with Crippen molar-refractivity contribution in [1.29, 1.82) is 0 Å². The number of hydrogen-bond donors (Lipinski definition) is 0. The maximum atomic E-state index is 6.55. The molecule has 1 nitrogen and oxygen atoms in total. The lowest BCUT2D eigenvalue weighted by atomic mass is 9.82. The summed E-state index contributed by atoms with van der Waals surface area (Å²) < 4.78 is 6.55. The molecule has 0 bridgehead atoms. The van der Waals surface area contributed by atoms with Crippen molar-refractivity contribution in [3.05, 3.63) is 35.9 Å². The number of halogens is 2. The molecule has 4 atom stereocenters. The summed E-state index contributed by atoms with van der Waals surface area (Å²) in [4.78, 5) is 0.998. The third-order valence-corrected chi connectivity index (χ3v) is 8.02. The van der Waals surface area contributed by atoms with Crippen LogP contribution in [0.3, 0.4) is 0 Å². The summed E-state index contributed by atoms with van der Waals surface area (Å²) >= 11 is 7.81. The Labute approximate surface area is 151 Å². The number of rotatable bonds is 4. The molecule has 0 amide bonds. The molecule has 2 fully saturated rings. The molecule has 0 spiro atoms. The molecule has 3 heteroatoms. The normalized spacial score (nSPS) is 33.7. The van der Waals surface area contributed by atoms with Gasteiger partial charge in [-0.15, -0.1) is 0 Å². The van der Waals surface area contributed by atoms with Crippen LogP contribution in [0.5, 0.6) is 0 Å². The molecule has 1 aromatic rings. The van der Waals surface area contributed by atoms with Crippen molar-refractivity contribution >= 4 is 31.9 Å². The van der Waals surface area contributed by atoms with E-state index in [1.165, 1.54) is 37.7 Å². The summed E-state index contributed by atoms with van der Waals surface area (Å²) in [5, 5.41) is 0. The van der Waals surface area contributed by atoms with Crippen LogP contribution in [0.25, 0.3) is 0 Å². The fourth-order valence-electron chi connectivity index (χ4n) is 3.93. The molecule has 3 rings (SSSR count). The molecule has 0 unspecified atom stereocenters. The van der Waals surface area contributed by atoms with Crippen LogP contribution in [0.1, 0.15) is 50.5 Å². The number of benzene rings is 1. The zero-order chi connectivity index (χ0) is 15.4. The van der Waals surface area contributed by atoms with Crippen LogP contribution >= 0.6 is 31.9 Å². The van der Waals surface area contributed by atoms with Crippen LogP contribution in [0.15, 0.2) is 30.3 Å². The minimum atomic E-state index is 0.388. The van der Waals surface area contributed by atoms with Gasteiger partial charge in [-0.05, 0) is 43.6 Å². The van der Waals surface area contributed by atoms with Crippen molar-refractivity contribution in [2.24, 2.45) is 5.92 Å². The summed E-state index contributed by atoms with van der Waals surface area (Å²) in [6.45, 7) is 0. The summed E-state index contributed by atoms with van der Waals surface area (Å²) in [5.74, 6) is 0.748. The van der Waals surface area contributed by atoms with Gasteiger partial charge >= 0.3 is 0 Å². The molecule has 0 radical (unpaired) electrons. The van der Waals surface area contributed by atoms with Crippen LogP contribution in [0, 0.1) is 5.92 Å². The van der Waals surface area contributed by atoms with E-state index < -0.39 is 0 Å². The van der Waals surface area contributed by atoms with Gasteiger partial charge in [0.05, 0.1) is 17.0 Å². The molecule has 1 heterocycles. The van der Waals surface area contributed by atoms with Crippen LogP contribution in [-0.2, 0) is 11.2 Å². The fraction of sp³-hybridized carbons (Fsp3) is 0.684. The molecule has 1 saturated carbocycles. The lowest BCUT2D eigenvalue weighted by molar-refractivity contribution is -0.0779. The third-order valence-electron chi connectivity index (χ3n) is 5.21. The molecule has 1 aliphatic heterocycles. The van der Waals surface area contributed by atoms with E-state index in [4.69, 9.17) is 4.74 Å². The van der Waals surface area contributed by atoms with Gasteiger partial charge in [0.15, 0.2) is 0 Å². The van der Waals surface area contributed by atoms with Gasteiger partial charge in [-0.3, -0.25) is 0 Å². The van der Waals surface area contributed by atoms with Crippen molar-refractivity contribution in [3.8, 4) is 0 Å². The molecule has 0 aromatic heterocycles. The molecule has 22 heavy (non-hydrogen) atoms. The SMILES string of the molecule is Br[C@H]1[C@H](Br)C[C@H](CCc2ccccc2)O[C@@H]1C1CCCCC1. The summed E-state index contributed by atoms with van der Waals surface area (Å²) in [6.07, 6.45) is 11.0. The van der Waals surface area contributed by atoms with E-state index in [-0.39, 0.29) is 0 Å². The maximum Gasteiger partial charge on any atom is 0.0742 e.